The van der Waals surface area contributed by atoms with Crippen LogP contribution in [-0.2, 0) is 22.4 Å². The predicted octanol–water partition coefficient (Wildman–Crippen LogP) is 3.30. The molecule has 0 saturated carbocycles. The molecule has 0 aliphatic carbocycles. The van der Waals surface area contributed by atoms with Crippen LogP contribution in [0.5, 0.6) is 5.75 Å². The Kier molecular flexibility index (Phi) is 7.03. The Hall–Kier alpha value is -2.96. The van der Waals surface area contributed by atoms with Crippen LogP contribution in [-0.4, -0.2) is 31.0 Å². The monoisotopic (exact) mass is 416 g/mol. The van der Waals surface area contributed by atoms with Gasteiger partial charge < -0.3 is 15.4 Å². The third-order valence-electron chi connectivity index (χ3n) is 5.50. The lowest BCUT2D eigenvalue weighted by molar-refractivity contribution is -0.122. The molecule has 1 aliphatic heterocycles. The van der Waals surface area contributed by atoms with Crippen molar-refractivity contribution in [3.05, 3.63) is 65.2 Å². The van der Waals surface area contributed by atoms with Crippen LogP contribution in [0.4, 0.5) is 8.78 Å². The first-order chi connectivity index (χ1) is 14.4. The zero-order valence-corrected chi connectivity index (χ0v) is 17.0. The summed E-state index contributed by atoms with van der Waals surface area (Å²) in [5.74, 6) is -0.331. The quantitative estimate of drug-likeness (QED) is 0.659. The summed E-state index contributed by atoms with van der Waals surface area (Å²) < 4.78 is 32.4. The summed E-state index contributed by atoms with van der Waals surface area (Å²) in [5.41, 5.74) is 0.733. The average molecular weight is 416 g/mol. The largest absolute Gasteiger partial charge is 0.497 e. The number of nitrogens with one attached hydrogen (secondary N) is 2. The van der Waals surface area contributed by atoms with Gasteiger partial charge in [0, 0.05) is 24.9 Å². The molecule has 0 aromatic heterocycles. The minimum absolute atomic E-state index is 0.0879. The molecule has 3 rings (SSSR count). The molecule has 2 amide bonds. The molecule has 7 heteroatoms. The Bertz CT molecular complexity index is 902. The van der Waals surface area contributed by atoms with E-state index in [0.717, 1.165) is 5.56 Å². The Morgan fingerprint density at radius 1 is 1.20 bits per heavy atom. The van der Waals surface area contributed by atoms with Crippen molar-refractivity contribution in [3.63, 3.8) is 0 Å². The highest BCUT2D eigenvalue weighted by Crippen LogP contribution is 2.31. The summed E-state index contributed by atoms with van der Waals surface area (Å²) in [6.45, 7) is 0.439. The SMILES string of the molecule is COc1ccc(F)c(CC2(CCC(=O)NCCc3ccc(F)cc3)CCC(=O)N2)c1. The van der Waals surface area contributed by atoms with E-state index in [1.807, 2.05) is 0 Å². The van der Waals surface area contributed by atoms with Gasteiger partial charge in [-0.05, 0) is 67.1 Å². The summed E-state index contributed by atoms with van der Waals surface area (Å²) in [4.78, 5) is 24.2. The second-order valence-electron chi connectivity index (χ2n) is 7.69. The van der Waals surface area contributed by atoms with Crippen LogP contribution in [0, 0.1) is 11.6 Å². The number of hydrogen-bond donors (Lipinski definition) is 2. The molecule has 1 fully saturated rings. The van der Waals surface area contributed by atoms with E-state index in [2.05, 4.69) is 10.6 Å². The van der Waals surface area contributed by atoms with Crippen LogP contribution < -0.4 is 15.4 Å². The van der Waals surface area contributed by atoms with E-state index in [0.29, 0.717) is 50.0 Å². The Morgan fingerprint density at radius 2 is 1.97 bits per heavy atom. The third-order valence-corrected chi connectivity index (χ3v) is 5.50. The molecule has 0 radical (unpaired) electrons. The van der Waals surface area contributed by atoms with Gasteiger partial charge in [-0.15, -0.1) is 0 Å². The number of amides is 2. The van der Waals surface area contributed by atoms with Gasteiger partial charge in [-0.1, -0.05) is 12.1 Å². The van der Waals surface area contributed by atoms with Gasteiger partial charge in [-0.3, -0.25) is 9.59 Å². The molecule has 1 heterocycles. The lowest BCUT2D eigenvalue weighted by Crippen LogP contribution is -2.44. The molecule has 160 valence electrons. The Labute approximate surface area is 174 Å². The summed E-state index contributed by atoms with van der Waals surface area (Å²) in [6, 6.07) is 10.7. The van der Waals surface area contributed by atoms with Gasteiger partial charge in [-0.2, -0.15) is 0 Å². The van der Waals surface area contributed by atoms with E-state index in [1.165, 1.54) is 25.3 Å². The van der Waals surface area contributed by atoms with Crippen LogP contribution in [0.2, 0.25) is 0 Å². The molecule has 2 N–H and O–H groups in total. The van der Waals surface area contributed by atoms with Crippen molar-refractivity contribution in [2.45, 2.75) is 44.1 Å². The molecule has 2 aromatic carbocycles. The smallest absolute Gasteiger partial charge is 0.220 e. The fourth-order valence-electron chi connectivity index (χ4n) is 3.80. The van der Waals surface area contributed by atoms with Crippen LogP contribution in [0.15, 0.2) is 42.5 Å². The van der Waals surface area contributed by atoms with E-state index in [4.69, 9.17) is 4.74 Å². The van der Waals surface area contributed by atoms with Gasteiger partial charge in [-0.25, -0.2) is 8.78 Å². The van der Waals surface area contributed by atoms with Crippen LogP contribution in [0.3, 0.4) is 0 Å². The maximum absolute atomic E-state index is 14.3. The number of methoxy groups -OCH3 is 1. The van der Waals surface area contributed by atoms with Crippen LogP contribution in [0.1, 0.15) is 36.8 Å². The van der Waals surface area contributed by atoms with E-state index >= 15 is 0 Å². The highest BCUT2D eigenvalue weighted by Gasteiger charge is 2.38. The first kappa shape index (κ1) is 21.7. The number of hydrogen-bond acceptors (Lipinski definition) is 3. The topological polar surface area (TPSA) is 67.4 Å². The number of benzene rings is 2. The lowest BCUT2D eigenvalue weighted by atomic mass is 9.84. The molecule has 5 nitrogen and oxygen atoms in total. The van der Waals surface area contributed by atoms with Crippen molar-refractivity contribution >= 4 is 11.8 Å². The summed E-state index contributed by atoms with van der Waals surface area (Å²) in [5, 5.41) is 5.81. The Balaban J connectivity index is 1.56. The van der Waals surface area contributed by atoms with Crippen LogP contribution >= 0.6 is 0 Å². The second kappa shape index (κ2) is 9.69. The fraction of sp³-hybridized carbons (Fsp3) is 0.391. The van der Waals surface area contributed by atoms with Gasteiger partial charge in [0.1, 0.15) is 17.4 Å². The van der Waals surface area contributed by atoms with Crippen molar-refractivity contribution in [2.24, 2.45) is 0 Å². The highest BCUT2D eigenvalue weighted by atomic mass is 19.1. The minimum Gasteiger partial charge on any atom is -0.497 e. The van der Waals surface area contributed by atoms with Crippen molar-refractivity contribution < 1.29 is 23.1 Å². The molecule has 2 aromatic rings. The lowest BCUT2D eigenvalue weighted by Gasteiger charge is -2.29. The van der Waals surface area contributed by atoms with Crippen molar-refractivity contribution in [2.75, 3.05) is 13.7 Å². The number of ether oxygens (including phenoxy) is 1. The number of halogens is 2. The molecule has 30 heavy (non-hydrogen) atoms. The first-order valence-electron chi connectivity index (χ1n) is 10.0. The van der Waals surface area contributed by atoms with Gasteiger partial charge in [0.15, 0.2) is 0 Å². The van der Waals surface area contributed by atoms with Gasteiger partial charge >= 0.3 is 0 Å². The number of rotatable bonds is 9. The molecular formula is C23H26F2N2O3. The molecule has 1 saturated heterocycles. The summed E-state index contributed by atoms with van der Waals surface area (Å²) >= 11 is 0. The van der Waals surface area contributed by atoms with Gasteiger partial charge in [0.25, 0.3) is 0 Å². The Morgan fingerprint density at radius 3 is 2.63 bits per heavy atom. The second-order valence-corrected chi connectivity index (χ2v) is 7.69. The van der Waals surface area contributed by atoms with Crippen molar-refractivity contribution in [1.29, 1.82) is 0 Å². The predicted molar refractivity (Wildman–Crippen MR) is 109 cm³/mol. The first-order valence-corrected chi connectivity index (χ1v) is 10.0. The third kappa shape index (κ3) is 5.78. The maximum atomic E-state index is 14.3. The molecular weight excluding hydrogens is 390 g/mol. The van der Waals surface area contributed by atoms with Gasteiger partial charge in [0.05, 0.1) is 7.11 Å². The zero-order chi connectivity index (χ0) is 21.6. The number of carbonyl (C=O) groups excluding carboxylic acids is 2. The highest BCUT2D eigenvalue weighted by molar-refractivity contribution is 5.80. The van der Waals surface area contributed by atoms with E-state index < -0.39 is 5.54 Å². The van der Waals surface area contributed by atoms with E-state index in [-0.39, 0.29) is 29.9 Å². The minimum atomic E-state index is -0.654. The summed E-state index contributed by atoms with van der Waals surface area (Å²) in [7, 11) is 1.51. The zero-order valence-electron chi connectivity index (χ0n) is 17.0. The van der Waals surface area contributed by atoms with Crippen molar-refractivity contribution in [3.8, 4) is 5.75 Å². The molecule has 0 bridgehead atoms. The van der Waals surface area contributed by atoms with Crippen molar-refractivity contribution in [1.82, 2.24) is 10.6 Å². The normalized spacial score (nSPS) is 18.2. The molecule has 1 unspecified atom stereocenters. The summed E-state index contributed by atoms with van der Waals surface area (Å²) in [6.07, 6.45) is 2.43. The fourth-order valence-corrected chi connectivity index (χ4v) is 3.80. The molecule has 0 spiro atoms. The molecule has 1 atom stereocenters. The van der Waals surface area contributed by atoms with E-state index in [9.17, 15) is 18.4 Å². The van der Waals surface area contributed by atoms with Gasteiger partial charge in [0.2, 0.25) is 11.8 Å². The van der Waals surface area contributed by atoms with E-state index in [1.54, 1.807) is 24.3 Å². The van der Waals surface area contributed by atoms with Crippen LogP contribution in [0.25, 0.3) is 0 Å². The maximum Gasteiger partial charge on any atom is 0.220 e. The average Bonchev–Trinajstić information content (AvgIpc) is 3.10. The standard InChI is InChI=1S/C23H26F2N2O3/c1-30-19-6-7-20(25)17(14-19)15-23(12-9-22(29)27-23)11-8-21(28)26-13-10-16-2-4-18(24)5-3-16/h2-7,14H,8-13,15H2,1H3,(H,26,28)(H,27,29). The molecule has 1 aliphatic rings. The number of carbonyl (C=O) groups is 2.